The first kappa shape index (κ1) is 22.0. The Bertz CT molecular complexity index is 1810. The molecule has 0 spiro atoms. The minimum absolute atomic E-state index is 0.687. The molecule has 0 aliphatic carbocycles. The molecular formula is C29H26N3O4+. The van der Waals surface area contributed by atoms with Crippen LogP contribution in [0.1, 0.15) is 0 Å². The maximum Gasteiger partial charge on any atom is 0.220 e. The zero-order chi connectivity index (χ0) is 25.0. The van der Waals surface area contributed by atoms with Gasteiger partial charge in [0.2, 0.25) is 5.52 Å². The minimum Gasteiger partial charge on any atom is -0.493 e. The van der Waals surface area contributed by atoms with Gasteiger partial charge in [0.05, 0.1) is 62.0 Å². The molecular weight excluding hydrogens is 454 g/mol. The van der Waals surface area contributed by atoms with E-state index in [-0.39, 0.29) is 0 Å². The lowest BCUT2D eigenvalue weighted by molar-refractivity contribution is -0.642. The van der Waals surface area contributed by atoms with E-state index in [1.165, 1.54) is 0 Å². The van der Waals surface area contributed by atoms with Gasteiger partial charge in [0.1, 0.15) is 7.05 Å². The number of nitrogens with zero attached hydrogens (tertiary/aromatic N) is 2. The van der Waals surface area contributed by atoms with E-state index in [2.05, 4.69) is 51.1 Å². The summed E-state index contributed by atoms with van der Waals surface area (Å²) >= 11 is 0. The van der Waals surface area contributed by atoms with Crippen LogP contribution in [0.4, 0.5) is 0 Å². The number of aromatic nitrogens is 3. The van der Waals surface area contributed by atoms with Crippen LogP contribution in [0.3, 0.4) is 0 Å². The molecule has 0 radical (unpaired) electrons. The van der Waals surface area contributed by atoms with Crippen molar-refractivity contribution in [2.24, 2.45) is 7.05 Å². The van der Waals surface area contributed by atoms with Gasteiger partial charge in [-0.2, -0.15) is 4.57 Å². The fourth-order valence-corrected chi connectivity index (χ4v) is 5.22. The number of hydrogen-bond donors (Lipinski definition) is 1. The molecule has 4 aromatic carbocycles. The van der Waals surface area contributed by atoms with Crippen molar-refractivity contribution in [2.45, 2.75) is 0 Å². The van der Waals surface area contributed by atoms with Crippen LogP contribution < -0.4 is 23.5 Å². The highest BCUT2D eigenvalue weighted by atomic mass is 16.5. The molecule has 2 aromatic heterocycles. The summed E-state index contributed by atoms with van der Waals surface area (Å²) in [7, 11) is 8.71. The molecule has 180 valence electrons. The smallest absolute Gasteiger partial charge is 0.220 e. The summed E-state index contributed by atoms with van der Waals surface area (Å²) in [5.74, 6) is 2.77. The molecule has 6 rings (SSSR count). The molecule has 7 heteroatoms. The van der Waals surface area contributed by atoms with Gasteiger partial charge in [-0.1, -0.05) is 12.1 Å². The summed E-state index contributed by atoms with van der Waals surface area (Å²) in [6, 6.07) is 16.7. The van der Waals surface area contributed by atoms with Crippen molar-refractivity contribution in [3.8, 4) is 34.1 Å². The standard InChI is InChI=1S/C29H25N3O4/c1-32-14-22-21(18-8-6-17-11-25(33-2)26(34-3)13-19(17)27(18)32)12-20(28(35-4)29(22)36-5)16-7-9-23-24(10-16)31-15-30-23/h6-15H,1-5H3/p+1. The summed E-state index contributed by atoms with van der Waals surface area (Å²) in [6.07, 6.45) is 3.80. The Hall–Kier alpha value is -4.52. The van der Waals surface area contributed by atoms with Gasteiger partial charge in [-0.15, -0.1) is 0 Å². The van der Waals surface area contributed by atoms with E-state index in [0.717, 1.165) is 54.6 Å². The molecule has 0 aliphatic heterocycles. The Morgan fingerprint density at radius 3 is 2.25 bits per heavy atom. The van der Waals surface area contributed by atoms with Crippen molar-refractivity contribution in [1.82, 2.24) is 9.97 Å². The number of benzene rings is 4. The van der Waals surface area contributed by atoms with Crippen LogP contribution in [0.5, 0.6) is 23.0 Å². The average molecular weight is 481 g/mol. The predicted molar refractivity (Wildman–Crippen MR) is 141 cm³/mol. The second-order valence-electron chi connectivity index (χ2n) is 8.72. The van der Waals surface area contributed by atoms with E-state index >= 15 is 0 Å². The summed E-state index contributed by atoms with van der Waals surface area (Å²) in [5.41, 5.74) is 4.90. The second kappa shape index (κ2) is 8.30. The third kappa shape index (κ3) is 3.12. The van der Waals surface area contributed by atoms with Crippen LogP contribution in [0, 0.1) is 0 Å². The van der Waals surface area contributed by atoms with E-state index in [0.29, 0.717) is 23.0 Å². The number of pyridine rings is 1. The van der Waals surface area contributed by atoms with Gasteiger partial charge >= 0.3 is 0 Å². The molecule has 6 aromatic rings. The second-order valence-corrected chi connectivity index (χ2v) is 8.72. The Morgan fingerprint density at radius 2 is 1.50 bits per heavy atom. The van der Waals surface area contributed by atoms with Crippen molar-refractivity contribution < 1.29 is 23.5 Å². The molecule has 7 nitrogen and oxygen atoms in total. The molecule has 0 fully saturated rings. The summed E-state index contributed by atoms with van der Waals surface area (Å²) < 4.78 is 25.1. The Balaban J connectivity index is 1.74. The fraction of sp³-hybridized carbons (Fsp3) is 0.172. The Kier molecular flexibility index (Phi) is 5.07. The van der Waals surface area contributed by atoms with E-state index < -0.39 is 0 Å². The molecule has 0 bridgehead atoms. The molecule has 1 N–H and O–H groups in total. The molecule has 0 saturated carbocycles. The highest BCUT2D eigenvalue weighted by Crippen LogP contribution is 2.46. The first-order valence-corrected chi connectivity index (χ1v) is 11.6. The third-order valence-corrected chi connectivity index (χ3v) is 6.88. The van der Waals surface area contributed by atoms with Crippen molar-refractivity contribution in [2.75, 3.05) is 28.4 Å². The van der Waals surface area contributed by atoms with Gasteiger partial charge in [-0.05, 0) is 47.3 Å². The van der Waals surface area contributed by atoms with E-state index in [1.54, 1.807) is 34.8 Å². The lowest BCUT2D eigenvalue weighted by atomic mass is 9.95. The van der Waals surface area contributed by atoms with Gasteiger partial charge in [0.15, 0.2) is 29.2 Å². The number of aromatic amines is 1. The van der Waals surface area contributed by atoms with Gasteiger partial charge in [0.25, 0.3) is 0 Å². The number of rotatable bonds is 5. The summed E-state index contributed by atoms with van der Waals surface area (Å²) in [5, 5.41) is 5.27. The van der Waals surface area contributed by atoms with Crippen LogP contribution >= 0.6 is 0 Å². The Morgan fingerprint density at radius 1 is 0.722 bits per heavy atom. The topological polar surface area (TPSA) is 69.5 Å². The fourth-order valence-electron chi connectivity index (χ4n) is 5.22. The molecule has 0 atom stereocenters. The van der Waals surface area contributed by atoms with Gasteiger partial charge in [0, 0.05) is 10.9 Å². The average Bonchev–Trinajstić information content (AvgIpc) is 3.38. The van der Waals surface area contributed by atoms with Crippen molar-refractivity contribution in [3.63, 3.8) is 0 Å². The van der Waals surface area contributed by atoms with Gasteiger partial charge < -0.3 is 23.9 Å². The SMILES string of the molecule is COc1cc2ccc3c4cc(-c5ccc6[nH]cnc6c5)c(OC)c(OC)c4c[n+](C)c3c2cc1OC. The van der Waals surface area contributed by atoms with Crippen LogP contribution in [-0.2, 0) is 7.05 Å². The van der Waals surface area contributed by atoms with Gasteiger partial charge in [-0.3, -0.25) is 0 Å². The van der Waals surface area contributed by atoms with Crippen LogP contribution in [0.15, 0.2) is 61.1 Å². The van der Waals surface area contributed by atoms with Crippen molar-refractivity contribution >= 4 is 43.5 Å². The highest BCUT2D eigenvalue weighted by Gasteiger charge is 2.23. The lowest BCUT2D eigenvalue weighted by Crippen LogP contribution is -2.28. The number of methoxy groups -OCH3 is 4. The Labute approximate surface area is 207 Å². The number of aryl methyl sites for hydroxylation is 1. The van der Waals surface area contributed by atoms with E-state index in [4.69, 9.17) is 18.9 Å². The molecule has 0 saturated heterocycles. The normalized spacial score (nSPS) is 11.5. The van der Waals surface area contributed by atoms with Crippen molar-refractivity contribution in [3.05, 3.63) is 61.1 Å². The molecule has 2 heterocycles. The monoisotopic (exact) mass is 480 g/mol. The molecule has 36 heavy (non-hydrogen) atoms. The van der Waals surface area contributed by atoms with Gasteiger partial charge in [-0.25, -0.2) is 4.98 Å². The maximum atomic E-state index is 5.95. The maximum absolute atomic E-state index is 5.95. The number of ether oxygens (including phenoxy) is 4. The third-order valence-electron chi connectivity index (χ3n) is 6.88. The molecule has 0 amide bonds. The number of nitrogens with one attached hydrogen (secondary N) is 1. The lowest BCUT2D eigenvalue weighted by Gasteiger charge is -2.17. The first-order valence-electron chi connectivity index (χ1n) is 11.6. The number of H-pyrrole nitrogens is 1. The van der Waals surface area contributed by atoms with E-state index in [1.807, 2.05) is 25.2 Å². The predicted octanol–water partition coefficient (Wildman–Crippen LogP) is 5.55. The number of imidazole rings is 1. The number of hydrogen-bond acceptors (Lipinski definition) is 5. The van der Waals surface area contributed by atoms with Crippen LogP contribution in [0.25, 0.3) is 54.6 Å². The van der Waals surface area contributed by atoms with Crippen LogP contribution in [0.2, 0.25) is 0 Å². The largest absolute Gasteiger partial charge is 0.493 e. The quantitative estimate of drug-likeness (QED) is 0.259. The molecule has 0 unspecified atom stereocenters. The zero-order valence-corrected chi connectivity index (χ0v) is 20.8. The zero-order valence-electron chi connectivity index (χ0n) is 20.8. The highest BCUT2D eigenvalue weighted by molar-refractivity contribution is 6.16. The minimum atomic E-state index is 0.687. The number of fused-ring (bicyclic) bond motifs is 6. The molecule has 0 aliphatic rings. The summed E-state index contributed by atoms with van der Waals surface area (Å²) in [4.78, 5) is 7.59. The first-order chi connectivity index (χ1) is 17.6. The van der Waals surface area contributed by atoms with Crippen LogP contribution in [-0.4, -0.2) is 38.4 Å². The van der Waals surface area contributed by atoms with E-state index in [9.17, 15) is 0 Å². The van der Waals surface area contributed by atoms with Crippen molar-refractivity contribution in [1.29, 1.82) is 0 Å². The summed E-state index contributed by atoms with van der Waals surface area (Å²) in [6.45, 7) is 0.